The number of nitrogens with zero attached hydrogens (tertiary/aromatic N) is 1. The van der Waals surface area contributed by atoms with Gasteiger partial charge in [0.05, 0.1) is 11.0 Å². The largest absolute Gasteiger partial charge is 0.392 e. The molecule has 0 spiro atoms. The summed E-state index contributed by atoms with van der Waals surface area (Å²) in [6.07, 6.45) is 3.68. The molecule has 4 rings (SSSR count). The summed E-state index contributed by atoms with van der Waals surface area (Å²) < 4.78 is 25.5. The van der Waals surface area contributed by atoms with Crippen molar-refractivity contribution in [3.8, 4) is 0 Å². The molecule has 3 aliphatic carbocycles. The number of hydrogen-bond acceptors (Lipinski definition) is 4. The molecule has 6 heteroatoms. The van der Waals surface area contributed by atoms with Gasteiger partial charge >= 0.3 is 0 Å². The molecule has 0 aromatic heterocycles. The zero-order valence-corrected chi connectivity index (χ0v) is 18.3. The molecule has 3 saturated carbocycles. The molecule has 0 aliphatic heterocycles. The van der Waals surface area contributed by atoms with Crippen molar-refractivity contribution in [1.82, 2.24) is 4.83 Å². The lowest BCUT2D eigenvalue weighted by Gasteiger charge is -2.44. The molecule has 28 heavy (non-hydrogen) atoms. The Morgan fingerprint density at radius 2 is 1.68 bits per heavy atom. The van der Waals surface area contributed by atoms with Crippen LogP contribution in [0, 0.1) is 35.0 Å². The topological polar surface area (TPSA) is 78.8 Å². The molecule has 154 valence electrons. The van der Waals surface area contributed by atoms with Gasteiger partial charge in [0.25, 0.3) is 10.0 Å². The van der Waals surface area contributed by atoms with Crippen LogP contribution in [0.2, 0.25) is 0 Å². The Morgan fingerprint density at radius 1 is 1.07 bits per heavy atom. The van der Waals surface area contributed by atoms with Gasteiger partial charge in [-0.25, -0.2) is 4.83 Å². The highest BCUT2D eigenvalue weighted by Gasteiger charge is 2.70. The van der Waals surface area contributed by atoms with Crippen molar-refractivity contribution in [3.05, 3.63) is 29.8 Å². The Morgan fingerprint density at radius 3 is 2.32 bits per heavy atom. The number of aliphatic hydroxyl groups excluding tert-OH is 1. The molecule has 1 aromatic carbocycles. The summed E-state index contributed by atoms with van der Waals surface area (Å²) in [5.41, 5.74) is 1.38. The molecule has 2 N–H and O–H groups in total. The number of fused-ring (bicyclic) bond motifs is 5. The maximum Gasteiger partial charge on any atom is 0.276 e. The third-order valence-corrected chi connectivity index (χ3v) is 9.20. The van der Waals surface area contributed by atoms with Crippen LogP contribution in [-0.2, 0) is 10.0 Å². The number of benzene rings is 1. The summed E-state index contributed by atoms with van der Waals surface area (Å²) >= 11 is 0. The first-order chi connectivity index (χ1) is 12.9. The molecule has 0 saturated heterocycles. The summed E-state index contributed by atoms with van der Waals surface area (Å²) in [6, 6.07) is 6.79. The fourth-order valence-corrected chi connectivity index (χ4v) is 7.28. The SMILES string of the molecule is Cc1ccc(S(=O)(=O)N/N=C2\[C@@H]3[C@@H](CC2(C)C)[C@]2(C)CCC[C@]3(C)[C@@H]2O)cc1. The normalized spacial score (nSPS) is 40.5. The maximum atomic E-state index is 12.8. The molecule has 3 aliphatic rings. The van der Waals surface area contributed by atoms with Crippen molar-refractivity contribution < 1.29 is 13.5 Å². The van der Waals surface area contributed by atoms with E-state index in [1.165, 1.54) is 0 Å². The predicted molar refractivity (Wildman–Crippen MR) is 110 cm³/mol. The van der Waals surface area contributed by atoms with Crippen molar-refractivity contribution in [2.24, 2.45) is 33.2 Å². The summed E-state index contributed by atoms with van der Waals surface area (Å²) in [7, 11) is -3.71. The van der Waals surface area contributed by atoms with Gasteiger partial charge in [0.1, 0.15) is 0 Å². The second-order valence-corrected chi connectivity index (χ2v) is 12.0. The average molecular weight is 405 g/mol. The lowest BCUT2D eigenvalue weighted by Crippen LogP contribution is -2.46. The Bertz CT molecular complexity index is 922. The number of hydrogen-bond donors (Lipinski definition) is 2. The number of rotatable bonds is 3. The third kappa shape index (κ3) is 2.67. The highest BCUT2D eigenvalue weighted by Crippen LogP contribution is 2.70. The van der Waals surface area contributed by atoms with E-state index in [1.54, 1.807) is 24.3 Å². The molecule has 2 bridgehead atoms. The van der Waals surface area contributed by atoms with Crippen LogP contribution < -0.4 is 4.83 Å². The van der Waals surface area contributed by atoms with Crippen LogP contribution in [0.4, 0.5) is 0 Å². The van der Waals surface area contributed by atoms with Crippen molar-refractivity contribution in [2.45, 2.75) is 71.3 Å². The molecular weight excluding hydrogens is 372 g/mol. The third-order valence-electron chi connectivity index (χ3n) is 7.98. The Balaban J connectivity index is 1.71. The number of hydrazone groups is 1. The van der Waals surface area contributed by atoms with Gasteiger partial charge in [-0.3, -0.25) is 0 Å². The zero-order valence-electron chi connectivity index (χ0n) is 17.5. The summed E-state index contributed by atoms with van der Waals surface area (Å²) in [5, 5.41) is 15.7. The molecule has 3 fully saturated rings. The number of aryl methyl sites for hydroxylation is 1. The quantitative estimate of drug-likeness (QED) is 0.751. The van der Waals surface area contributed by atoms with Crippen LogP contribution in [-0.4, -0.2) is 25.3 Å². The van der Waals surface area contributed by atoms with Gasteiger partial charge < -0.3 is 5.11 Å². The van der Waals surface area contributed by atoms with E-state index in [1.807, 2.05) is 6.92 Å². The number of nitrogens with one attached hydrogen (secondary N) is 1. The van der Waals surface area contributed by atoms with Crippen LogP contribution in [0.25, 0.3) is 0 Å². The minimum absolute atomic E-state index is 0.109. The van der Waals surface area contributed by atoms with E-state index in [0.717, 1.165) is 37.0 Å². The molecule has 5 nitrogen and oxygen atoms in total. The lowest BCUT2D eigenvalue weighted by atomic mass is 9.63. The zero-order chi connectivity index (χ0) is 20.5. The van der Waals surface area contributed by atoms with Gasteiger partial charge in [-0.15, -0.1) is 0 Å². The van der Waals surface area contributed by atoms with Crippen molar-refractivity contribution >= 4 is 15.7 Å². The Hall–Kier alpha value is -1.40. The van der Waals surface area contributed by atoms with Crippen molar-refractivity contribution in [1.29, 1.82) is 0 Å². The van der Waals surface area contributed by atoms with Gasteiger partial charge in [0, 0.05) is 22.5 Å². The molecular formula is C22H32N2O3S. The standard InChI is InChI=1S/C22H32N2O3S/c1-14-7-9-15(10-8-14)28(26,27)24-23-18-17-16(13-20(18,2)3)21(4)11-6-12-22(17,5)19(21)25/h7-10,16-17,19,24-25H,6,11-13H2,1-5H3/b23-18+/t16-,17+,19-,21+,22+/m1/s1. The smallest absolute Gasteiger partial charge is 0.276 e. The van der Waals surface area contributed by atoms with Crippen molar-refractivity contribution in [3.63, 3.8) is 0 Å². The molecule has 0 heterocycles. The highest BCUT2D eigenvalue weighted by molar-refractivity contribution is 7.89. The molecule has 5 atom stereocenters. The van der Waals surface area contributed by atoms with E-state index in [0.29, 0.717) is 5.92 Å². The van der Waals surface area contributed by atoms with E-state index in [4.69, 9.17) is 0 Å². The average Bonchev–Trinajstić information content (AvgIpc) is 2.92. The molecule has 0 radical (unpaired) electrons. The predicted octanol–water partition coefficient (Wildman–Crippen LogP) is 3.86. The fourth-order valence-electron chi connectivity index (χ4n) is 6.46. The first kappa shape index (κ1) is 19.9. The number of aliphatic hydroxyl groups is 1. The minimum atomic E-state index is -3.71. The summed E-state index contributed by atoms with van der Waals surface area (Å²) in [5.74, 6) is 0.457. The van der Waals surface area contributed by atoms with E-state index in [-0.39, 0.29) is 33.2 Å². The highest BCUT2D eigenvalue weighted by atomic mass is 32.2. The Kier molecular flexibility index (Phi) is 4.30. The van der Waals surface area contributed by atoms with E-state index < -0.39 is 10.0 Å². The van der Waals surface area contributed by atoms with Gasteiger partial charge in [-0.1, -0.05) is 51.8 Å². The molecule has 0 unspecified atom stereocenters. The monoisotopic (exact) mass is 404 g/mol. The first-order valence-corrected chi connectivity index (χ1v) is 11.7. The van der Waals surface area contributed by atoms with E-state index >= 15 is 0 Å². The van der Waals surface area contributed by atoms with Crippen LogP contribution in [0.3, 0.4) is 0 Å². The van der Waals surface area contributed by atoms with Crippen LogP contribution in [0.15, 0.2) is 34.3 Å². The minimum Gasteiger partial charge on any atom is -0.392 e. The van der Waals surface area contributed by atoms with Crippen LogP contribution in [0.5, 0.6) is 0 Å². The van der Waals surface area contributed by atoms with Crippen LogP contribution >= 0.6 is 0 Å². The Labute approximate surface area is 168 Å². The molecule has 1 aromatic rings. The second kappa shape index (κ2) is 6.05. The van der Waals surface area contributed by atoms with Crippen LogP contribution in [0.1, 0.15) is 58.9 Å². The number of sulfonamides is 1. The maximum absolute atomic E-state index is 12.8. The molecule has 0 amide bonds. The summed E-state index contributed by atoms with van der Waals surface area (Å²) in [4.78, 5) is 2.73. The van der Waals surface area contributed by atoms with E-state index in [9.17, 15) is 13.5 Å². The first-order valence-electron chi connectivity index (χ1n) is 10.3. The van der Waals surface area contributed by atoms with Gasteiger partial charge in [-0.2, -0.15) is 13.5 Å². The van der Waals surface area contributed by atoms with Gasteiger partial charge in [0.15, 0.2) is 0 Å². The summed E-state index contributed by atoms with van der Waals surface area (Å²) in [6.45, 7) is 10.6. The fraction of sp³-hybridized carbons (Fsp3) is 0.682. The van der Waals surface area contributed by atoms with Gasteiger partial charge in [0.2, 0.25) is 0 Å². The second-order valence-electron chi connectivity index (χ2n) is 10.3. The van der Waals surface area contributed by atoms with E-state index in [2.05, 4.69) is 37.6 Å². The lowest BCUT2D eigenvalue weighted by molar-refractivity contribution is -0.0578. The van der Waals surface area contributed by atoms with Crippen molar-refractivity contribution in [2.75, 3.05) is 0 Å². The van der Waals surface area contributed by atoms with Gasteiger partial charge in [-0.05, 0) is 49.7 Å².